The molecule has 0 bridgehead atoms. The predicted octanol–water partition coefficient (Wildman–Crippen LogP) is 2.48. The zero-order valence-electron chi connectivity index (χ0n) is 13.1. The van der Waals surface area contributed by atoms with E-state index in [0.29, 0.717) is 17.4 Å². The smallest absolute Gasteiger partial charge is 0.150 e. The van der Waals surface area contributed by atoms with Crippen LogP contribution in [0.2, 0.25) is 0 Å². The molecule has 0 unspecified atom stereocenters. The summed E-state index contributed by atoms with van der Waals surface area (Å²) in [4.78, 5) is 0. The molecule has 1 aromatic rings. The van der Waals surface area contributed by atoms with Crippen LogP contribution in [-0.4, -0.2) is 33.6 Å². The number of benzene rings is 1. The van der Waals surface area contributed by atoms with Crippen LogP contribution in [0.4, 0.5) is 0 Å². The molecule has 5 heteroatoms. The molecule has 118 valence electrons. The Kier molecular flexibility index (Phi) is 5.27. The van der Waals surface area contributed by atoms with E-state index in [1.54, 1.807) is 7.11 Å². The number of hydrogen-bond donors (Lipinski definition) is 1. The summed E-state index contributed by atoms with van der Waals surface area (Å²) in [6.45, 7) is 5.05. The van der Waals surface area contributed by atoms with Gasteiger partial charge < -0.3 is 10.1 Å². The van der Waals surface area contributed by atoms with Gasteiger partial charge in [0.15, 0.2) is 0 Å². The van der Waals surface area contributed by atoms with Crippen molar-refractivity contribution in [2.75, 3.05) is 25.2 Å². The average Bonchev–Trinajstić information content (AvgIpc) is 2.45. The number of nitrogens with one attached hydrogen (secondary N) is 1. The fourth-order valence-corrected chi connectivity index (χ4v) is 4.38. The van der Waals surface area contributed by atoms with Crippen molar-refractivity contribution in [1.29, 1.82) is 0 Å². The largest absolute Gasteiger partial charge is 0.496 e. The first-order valence-corrected chi connectivity index (χ1v) is 9.32. The van der Waals surface area contributed by atoms with E-state index in [1.807, 2.05) is 12.1 Å². The molecule has 0 aliphatic carbocycles. The molecule has 1 aliphatic heterocycles. The van der Waals surface area contributed by atoms with Crippen LogP contribution in [0.3, 0.4) is 0 Å². The lowest BCUT2D eigenvalue weighted by atomic mass is 10.0. The van der Waals surface area contributed by atoms with E-state index in [2.05, 4.69) is 25.2 Å². The van der Waals surface area contributed by atoms with Gasteiger partial charge in [-0.15, -0.1) is 0 Å². The zero-order valence-corrected chi connectivity index (χ0v) is 13.9. The fraction of sp³-hybridized carbons (Fsp3) is 0.625. The lowest BCUT2D eigenvalue weighted by molar-refractivity contribution is 0.385. The van der Waals surface area contributed by atoms with E-state index in [0.717, 1.165) is 30.7 Å². The average molecular weight is 311 g/mol. The molecule has 1 aromatic carbocycles. The summed E-state index contributed by atoms with van der Waals surface area (Å²) < 4.78 is 28.3. The minimum absolute atomic E-state index is 0.193. The molecule has 1 N–H and O–H groups in total. The summed E-state index contributed by atoms with van der Waals surface area (Å²) in [5, 5.41) is 3.52. The zero-order chi connectivity index (χ0) is 15.5. The SMILES string of the molecule is COc1ccc(C)cc1[C@H](C)NCC1CCS(=O)(=O)CC1. The molecule has 21 heavy (non-hydrogen) atoms. The summed E-state index contributed by atoms with van der Waals surface area (Å²) in [5.74, 6) is 2.02. The second-order valence-corrected chi connectivity index (χ2v) is 8.27. The summed E-state index contributed by atoms with van der Waals surface area (Å²) in [5.41, 5.74) is 2.36. The molecular weight excluding hydrogens is 286 g/mol. The van der Waals surface area contributed by atoms with Crippen molar-refractivity contribution in [1.82, 2.24) is 5.32 Å². The Morgan fingerprint density at radius 2 is 2.00 bits per heavy atom. The van der Waals surface area contributed by atoms with E-state index >= 15 is 0 Å². The maximum atomic E-state index is 11.4. The van der Waals surface area contributed by atoms with Gasteiger partial charge in [-0.2, -0.15) is 0 Å². The van der Waals surface area contributed by atoms with Crippen molar-refractivity contribution in [3.05, 3.63) is 29.3 Å². The molecule has 1 heterocycles. The molecule has 1 atom stereocenters. The molecule has 2 rings (SSSR count). The molecule has 0 saturated carbocycles. The van der Waals surface area contributed by atoms with E-state index in [1.165, 1.54) is 5.56 Å². The third kappa shape index (κ3) is 4.45. The highest BCUT2D eigenvalue weighted by Crippen LogP contribution is 2.27. The Bertz CT molecular complexity index is 569. The van der Waals surface area contributed by atoms with Crippen LogP contribution in [0.5, 0.6) is 5.75 Å². The molecule has 1 saturated heterocycles. The number of ether oxygens (including phenoxy) is 1. The number of hydrogen-bond acceptors (Lipinski definition) is 4. The van der Waals surface area contributed by atoms with E-state index in [4.69, 9.17) is 4.74 Å². The van der Waals surface area contributed by atoms with Crippen LogP contribution in [0, 0.1) is 12.8 Å². The van der Waals surface area contributed by atoms with Crippen molar-refractivity contribution in [2.45, 2.75) is 32.7 Å². The molecule has 0 amide bonds. The Balaban J connectivity index is 1.93. The number of methoxy groups -OCH3 is 1. The van der Waals surface area contributed by atoms with Gasteiger partial charge in [-0.1, -0.05) is 17.7 Å². The van der Waals surface area contributed by atoms with Crippen molar-refractivity contribution in [3.63, 3.8) is 0 Å². The van der Waals surface area contributed by atoms with E-state index < -0.39 is 9.84 Å². The second kappa shape index (κ2) is 6.79. The van der Waals surface area contributed by atoms with Crippen molar-refractivity contribution >= 4 is 9.84 Å². The minimum Gasteiger partial charge on any atom is -0.496 e. The predicted molar refractivity (Wildman–Crippen MR) is 85.5 cm³/mol. The van der Waals surface area contributed by atoms with Gasteiger partial charge in [-0.25, -0.2) is 8.42 Å². The summed E-state index contributed by atoms with van der Waals surface area (Å²) in [6.07, 6.45) is 1.54. The quantitative estimate of drug-likeness (QED) is 0.907. The van der Waals surface area contributed by atoms with Crippen LogP contribution in [0.25, 0.3) is 0 Å². The maximum absolute atomic E-state index is 11.4. The van der Waals surface area contributed by atoms with Crippen molar-refractivity contribution < 1.29 is 13.2 Å². The third-order valence-corrected chi connectivity index (χ3v) is 5.95. The van der Waals surface area contributed by atoms with Crippen LogP contribution >= 0.6 is 0 Å². The summed E-state index contributed by atoms with van der Waals surface area (Å²) in [7, 11) is -1.08. The first-order chi connectivity index (χ1) is 9.91. The van der Waals surface area contributed by atoms with Crippen molar-refractivity contribution in [2.24, 2.45) is 5.92 Å². The Morgan fingerprint density at radius 3 is 2.62 bits per heavy atom. The normalized spacial score (nSPS) is 20.1. The summed E-state index contributed by atoms with van der Waals surface area (Å²) in [6, 6.07) is 6.37. The van der Waals surface area contributed by atoms with Crippen LogP contribution in [0.15, 0.2) is 18.2 Å². The highest BCUT2D eigenvalue weighted by molar-refractivity contribution is 7.91. The monoisotopic (exact) mass is 311 g/mol. The minimum atomic E-state index is -2.77. The van der Waals surface area contributed by atoms with Gasteiger partial charge in [0.05, 0.1) is 18.6 Å². The second-order valence-electron chi connectivity index (χ2n) is 5.97. The van der Waals surface area contributed by atoms with Gasteiger partial charge in [-0.05, 0) is 45.2 Å². The fourth-order valence-electron chi connectivity index (χ4n) is 2.79. The van der Waals surface area contributed by atoms with Crippen LogP contribution in [-0.2, 0) is 9.84 Å². The topological polar surface area (TPSA) is 55.4 Å². The highest BCUT2D eigenvalue weighted by atomic mass is 32.2. The Labute approximate surface area is 127 Å². The first kappa shape index (κ1) is 16.3. The molecular formula is C16H25NO3S. The maximum Gasteiger partial charge on any atom is 0.150 e. The van der Waals surface area contributed by atoms with Gasteiger partial charge in [0.2, 0.25) is 0 Å². The molecule has 0 radical (unpaired) electrons. The third-order valence-electron chi connectivity index (χ3n) is 4.24. The van der Waals surface area contributed by atoms with Gasteiger partial charge in [0.25, 0.3) is 0 Å². The van der Waals surface area contributed by atoms with Crippen LogP contribution < -0.4 is 10.1 Å². The molecule has 0 spiro atoms. The summed E-state index contributed by atoms with van der Waals surface area (Å²) >= 11 is 0. The standard InChI is InChI=1S/C16H25NO3S/c1-12-4-5-16(20-3)15(10-12)13(2)17-11-14-6-8-21(18,19)9-7-14/h4-5,10,13-14,17H,6-9,11H2,1-3H3/t13-/m0/s1. The first-order valence-electron chi connectivity index (χ1n) is 7.49. The molecule has 0 aromatic heterocycles. The highest BCUT2D eigenvalue weighted by Gasteiger charge is 2.24. The number of aryl methyl sites for hydroxylation is 1. The Hall–Kier alpha value is -1.07. The molecule has 4 nitrogen and oxygen atoms in total. The molecule has 1 fully saturated rings. The molecule has 1 aliphatic rings. The van der Waals surface area contributed by atoms with Crippen LogP contribution in [0.1, 0.15) is 36.9 Å². The van der Waals surface area contributed by atoms with E-state index in [9.17, 15) is 8.42 Å². The Morgan fingerprint density at radius 1 is 1.33 bits per heavy atom. The van der Waals surface area contributed by atoms with Gasteiger partial charge in [0.1, 0.15) is 15.6 Å². The van der Waals surface area contributed by atoms with Gasteiger partial charge >= 0.3 is 0 Å². The van der Waals surface area contributed by atoms with Gasteiger partial charge in [0, 0.05) is 11.6 Å². The van der Waals surface area contributed by atoms with Crippen molar-refractivity contribution in [3.8, 4) is 5.75 Å². The lowest BCUT2D eigenvalue weighted by Gasteiger charge is -2.25. The number of rotatable bonds is 5. The number of sulfone groups is 1. The van der Waals surface area contributed by atoms with Gasteiger partial charge in [-0.3, -0.25) is 0 Å². The lowest BCUT2D eigenvalue weighted by Crippen LogP contribution is -2.32. The van der Waals surface area contributed by atoms with E-state index in [-0.39, 0.29) is 6.04 Å².